The number of amides is 2. The maximum absolute atomic E-state index is 11.1. The predicted octanol–water partition coefficient (Wildman–Crippen LogP) is 0.574. The lowest BCUT2D eigenvalue weighted by atomic mass is 10.7. The molecule has 0 aromatic carbocycles. The third-order valence-electron chi connectivity index (χ3n) is 1.17. The molecule has 0 aromatic heterocycles. The van der Waals surface area contributed by atoms with E-state index >= 15 is 0 Å². The van der Waals surface area contributed by atoms with Crippen LogP contribution in [0.1, 0.15) is 0 Å². The van der Waals surface area contributed by atoms with Gasteiger partial charge in [0.05, 0.1) is 6.21 Å². The number of hydrogen-bond acceptors (Lipinski definition) is 2. The van der Waals surface area contributed by atoms with Crippen molar-refractivity contribution in [1.29, 1.82) is 0 Å². The van der Waals surface area contributed by atoms with E-state index in [-0.39, 0.29) is 10.6 Å². The van der Waals surface area contributed by atoms with Gasteiger partial charge in [-0.15, -0.1) is 4.59 Å². The Hall–Kier alpha value is -1.16. The lowest BCUT2D eigenvalue weighted by Crippen LogP contribution is -2.46. The first-order valence-electron chi connectivity index (χ1n) is 3.27. The molecule has 0 aliphatic rings. The maximum atomic E-state index is 11.1. The summed E-state index contributed by atoms with van der Waals surface area (Å²) in [6, 6.07) is -0.164. The van der Waals surface area contributed by atoms with Crippen molar-refractivity contribution in [3.05, 3.63) is 12.7 Å². The third-order valence-corrected chi connectivity index (χ3v) is 1.17. The van der Waals surface area contributed by atoms with E-state index < -0.39 is 0 Å². The van der Waals surface area contributed by atoms with Crippen LogP contribution in [0.4, 0.5) is 4.79 Å². The van der Waals surface area contributed by atoms with Crippen LogP contribution in [-0.4, -0.2) is 38.0 Å². The number of nitrogens with zero attached hydrogens (tertiary/aromatic N) is 2. The van der Waals surface area contributed by atoms with Crippen molar-refractivity contribution in [1.82, 2.24) is 5.32 Å². The Kier molecular flexibility index (Phi) is 3.47. The molecular weight excluding hydrogens is 142 g/mol. The summed E-state index contributed by atoms with van der Waals surface area (Å²) in [4.78, 5) is 11.1. The molecule has 0 atom stereocenters. The molecule has 0 aliphatic heterocycles. The van der Waals surface area contributed by atoms with Gasteiger partial charge in [-0.1, -0.05) is 11.7 Å². The van der Waals surface area contributed by atoms with Crippen molar-refractivity contribution in [2.75, 3.05) is 21.1 Å². The van der Waals surface area contributed by atoms with Gasteiger partial charge in [0.1, 0.15) is 14.1 Å². The number of carbonyl (C=O) groups is 1. The Bertz CT molecular complexity index is 184. The van der Waals surface area contributed by atoms with Gasteiger partial charge < -0.3 is 5.32 Å². The van der Waals surface area contributed by atoms with Crippen molar-refractivity contribution in [3.8, 4) is 0 Å². The molecule has 0 fully saturated rings. The first-order chi connectivity index (χ1) is 5.04. The number of urea groups is 1. The average molecular weight is 156 g/mol. The molecule has 0 unspecified atom stereocenters. The molecule has 0 aliphatic carbocycles. The highest BCUT2D eigenvalue weighted by Crippen LogP contribution is 1.96. The number of allylic oxidation sites excluding steroid dienone is 1. The normalized spacial score (nSPS) is 11.5. The van der Waals surface area contributed by atoms with Crippen molar-refractivity contribution in [2.45, 2.75) is 0 Å². The summed E-state index contributed by atoms with van der Waals surface area (Å²) < 4.78 is -0.0669. The van der Waals surface area contributed by atoms with Crippen molar-refractivity contribution >= 4 is 12.2 Å². The summed E-state index contributed by atoms with van der Waals surface area (Å²) in [5.41, 5.74) is 0. The first-order valence-corrected chi connectivity index (χ1v) is 3.27. The summed E-state index contributed by atoms with van der Waals surface area (Å²) in [6.45, 7) is 3.46. The van der Waals surface area contributed by atoms with Crippen molar-refractivity contribution in [3.63, 3.8) is 0 Å². The summed E-state index contributed by atoms with van der Waals surface area (Å²) in [7, 11) is 4.93. The lowest BCUT2D eigenvalue weighted by molar-refractivity contribution is -0.815. The second-order valence-electron chi connectivity index (χ2n) is 2.45. The number of rotatable bonds is 2. The second kappa shape index (κ2) is 3.88. The number of hydrogen-bond donors (Lipinski definition) is 1. The zero-order chi connectivity index (χ0) is 8.91. The fourth-order valence-electron chi connectivity index (χ4n) is 0.540. The summed E-state index contributed by atoms with van der Waals surface area (Å²) in [5, 5.41) is 6.43. The lowest BCUT2D eigenvalue weighted by Gasteiger charge is -2.17. The first kappa shape index (κ1) is 9.84. The Balaban J connectivity index is 4.32. The minimum Gasteiger partial charge on any atom is -0.307 e. The fraction of sp³-hybridized carbons (Fsp3) is 0.429. The van der Waals surface area contributed by atoms with Crippen LogP contribution in [0, 0.1) is 0 Å². The molecule has 0 aromatic rings. The zero-order valence-electron chi connectivity index (χ0n) is 7.16. The molecule has 0 spiro atoms. The van der Waals surface area contributed by atoms with E-state index in [4.69, 9.17) is 0 Å². The molecule has 0 radical (unpaired) electrons. The van der Waals surface area contributed by atoms with Crippen LogP contribution in [-0.2, 0) is 0 Å². The molecule has 0 heterocycles. The Morgan fingerprint density at radius 3 is 2.55 bits per heavy atom. The maximum Gasteiger partial charge on any atom is 0.442 e. The molecule has 0 saturated heterocycles. The Morgan fingerprint density at radius 1 is 1.64 bits per heavy atom. The van der Waals surface area contributed by atoms with Crippen LogP contribution in [0.15, 0.2) is 17.8 Å². The van der Waals surface area contributed by atoms with E-state index in [9.17, 15) is 4.79 Å². The molecule has 1 N–H and O–H groups in total. The third kappa shape index (κ3) is 2.95. The van der Waals surface area contributed by atoms with Gasteiger partial charge in [-0.25, -0.2) is 4.79 Å². The van der Waals surface area contributed by atoms with Crippen molar-refractivity contribution in [2.24, 2.45) is 5.10 Å². The molecule has 62 valence electrons. The molecule has 4 heteroatoms. The highest BCUT2D eigenvalue weighted by Gasteiger charge is 2.23. The molecule has 2 amide bonds. The zero-order valence-corrected chi connectivity index (χ0v) is 7.16. The number of quaternary nitrogens is 1. The van der Waals surface area contributed by atoms with Crippen LogP contribution in [0.3, 0.4) is 0 Å². The molecule has 0 saturated carbocycles. The Morgan fingerprint density at radius 2 is 2.18 bits per heavy atom. The van der Waals surface area contributed by atoms with Gasteiger partial charge in [0.15, 0.2) is 0 Å². The molecule has 4 nitrogen and oxygen atoms in total. The fourth-order valence-corrected chi connectivity index (χ4v) is 0.540. The largest absolute Gasteiger partial charge is 0.442 e. The minimum absolute atomic E-state index is 0.0669. The van der Waals surface area contributed by atoms with Gasteiger partial charge in [-0.3, -0.25) is 0 Å². The van der Waals surface area contributed by atoms with Gasteiger partial charge in [-0.2, -0.15) is 0 Å². The monoisotopic (exact) mass is 156 g/mol. The van der Waals surface area contributed by atoms with Crippen LogP contribution in [0.5, 0.6) is 0 Å². The van der Waals surface area contributed by atoms with Crippen LogP contribution in [0.2, 0.25) is 0 Å². The average Bonchev–Trinajstić information content (AvgIpc) is 1.99. The summed E-state index contributed by atoms with van der Waals surface area (Å²) >= 11 is 0. The topological polar surface area (TPSA) is 41.5 Å². The van der Waals surface area contributed by atoms with E-state index in [0.29, 0.717) is 0 Å². The summed E-state index contributed by atoms with van der Waals surface area (Å²) in [6.07, 6.45) is 3.03. The highest BCUT2D eigenvalue weighted by molar-refractivity contribution is 5.71. The van der Waals surface area contributed by atoms with Gasteiger partial charge >= 0.3 is 6.03 Å². The van der Waals surface area contributed by atoms with Crippen molar-refractivity contribution < 1.29 is 9.39 Å². The molecule has 0 rings (SSSR count). The van der Waals surface area contributed by atoms with Crippen LogP contribution >= 0.6 is 0 Å². The molecule has 0 bridgehead atoms. The SMILES string of the molecule is C=C/C=N/[N+](C)(C)C(=O)NC. The second-order valence-corrected chi connectivity index (χ2v) is 2.45. The van der Waals surface area contributed by atoms with Crippen LogP contribution < -0.4 is 5.32 Å². The molecule has 11 heavy (non-hydrogen) atoms. The van der Waals surface area contributed by atoms with Gasteiger partial charge in [0.25, 0.3) is 0 Å². The highest BCUT2D eigenvalue weighted by atomic mass is 16.2. The van der Waals surface area contributed by atoms with E-state index in [1.165, 1.54) is 12.3 Å². The summed E-state index contributed by atoms with van der Waals surface area (Å²) in [5.74, 6) is 0. The van der Waals surface area contributed by atoms with Gasteiger partial charge in [-0.05, 0) is 6.08 Å². The van der Waals surface area contributed by atoms with E-state index in [0.717, 1.165) is 0 Å². The van der Waals surface area contributed by atoms with Gasteiger partial charge in [0.2, 0.25) is 0 Å². The minimum atomic E-state index is -0.164. The number of nitrogens with one attached hydrogen (secondary N) is 1. The number of carbonyl (C=O) groups excluding carboxylic acids is 1. The predicted molar refractivity (Wildman–Crippen MR) is 45.3 cm³/mol. The Labute approximate surface area is 66.8 Å². The smallest absolute Gasteiger partial charge is 0.307 e. The van der Waals surface area contributed by atoms with E-state index in [2.05, 4.69) is 17.0 Å². The van der Waals surface area contributed by atoms with Crippen LogP contribution in [0.25, 0.3) is 0 Å². The van der Waals surface area contributed by atoms with E-state index in [1.54, 1.807) is 21.1 Å². The molecular formula is C7H14N3O+. The van der Waals surface area contributed by atoms with E-state index in [1.807, 2.05) is 0 Å². The van der Waals surface area contributed by atoms with Gasteiger partial charge in [0, 0.05) is 7.05 Å². The standard InChI is InChI=1S/C7H13N3O/c1-5-6-9-10(3,4)7(11)8-2/h5-6H,1H2,2-4H3/p+1/b9-6+. The quantitative estimate of drug-likeness (QED) is 0.354.